The molecule has 0 rings (SSSR count). The number of amides is 1. The Hall–Kier alpha value is -0.940. The van der Waals surface area contributed by atoms with Crippen LogP contribution >= 0.6 is 0 Å². The zero-order valence-electron chi connectivity index (χ0n) is 8.80. The second-order valence-corrected chi connectivity index (χ2v) is 3.09. The molecule has 0 aromatic heterocycles. The highest BCUT2D eigenvalue weighted by Gasteiger charge is 2.15. The molecule has 5 nitrogen and oxygen atoms in total. The van der Waals surface area contributed by atoms with Gasteiger partial charge in [0.15, 0.2) is 5.78 Å². The lowest BCUT2D eigenvalue weighted by molar-refractivity contribution is -0.123. The summed E-state index contributed by atoms with van der Waals surface area (Å²) in [5.41, 5.74) is 5.43. The van der Waals surface area contributed by atoms with Crippen molar-refractivity contribution < 1.29 is 9.59 Å². The topological polar surface area (TPSA) is 84.2 Å². The van der Waals surface area contributed by atoms with E-state index in [9.17, 15) is 9.59 Å². The number of hydrogen-bond donors (Lipinski definition) is 3. The Bertz CT molecular complexity index is 194. The zero-order chi connectivity index (χ0) is 11.0. The van der Waals surface area contributed by atoms with Crippen LogP contribution in [0.4, 0.5) is 0 Å². The second-order valence-electron chi connectivity index (χ2n) is 3.09. The summed E-state index contributed by atoms with van der Waals surface area (Å²) in [5, 5.41) is 5.42. The van der Waals surface area contributed by atoms with E-state index >= 15 is 0 Å². The van der Waals surface area contributed by atoms with Gasteiger partial charge in [0, 0.05) is 25.4 Å². The van der Waals surface area contributed by atoms with Gasteiger partial charge in [-0.15, -0.1) is 0 Å². The van der Waals surface area contributed by atoms with Gasteiger partial charge >= 0.3 is 0 Å². The van der Waals surface area contributed by atoms with Crippen LogP contribution in [0.2, 0.25) is 0 Å². The molecule has 5 heteroatoms. The highest BCUT2D eigenvalue weighted by atomic mass is 16.1. The van der Waals surface area contributed by atoms with Crippen LogP contribution < -0.4 is 16.4 Å². The minimum atomic E-state index is -0.280. The number of carbonyl (C=O) groups is 2. The molecule has 82 valence electrons. The first-order chi connectivity index (χ1) is 6.65. The molecule has 0 aromatic rings. The van der Waals surface area contributed by atoms with Crippen molar-refractivity contribution in [3.63, 3.8) is 0 Å². The second kappa shape index (κ2) is 7.46. The molecule has 0 aromatic carbocycles. The average molecular weight is 201 g/mol. The van der Waals surface area contributed by atoms with Crippen molar-refractivity contribution in [3.05, 3.63) is 0 Å². The van der Waals surface area contributed by atoms with Crippen LogP contribution in [-0.4, -0.2) is 38.4 Å². The lowest BCUT2D eigenvalue weighted by atomic mass is 10.0. The van der Waals surface area contributed by atoms with Crippen molar-refractivity contribution >= 4 is 11.7 Å². The van der Waals surface area contributed by atoms with E-state index < -0.39 is 0 Å². The molecule has 0 spiro atoms. The molecule has 0 aliphatic carbocycles. The smallest absolute Gasteiger partial charge is 0.219 e. The molecule has 1 atom stereocenters. The molecule has 0 aliphatic rings. The molecule has 0 heterocycles. The van der Waals surface area contributed by atoms with Crippen molar-refractivity contribution in [2.24, 2.45) is 11.7 Å². The first kappa shape index (κ1) is 13.1. The molecular formula is C9H19N3O2. The third-order valence-electron chi connectivity index (χ3n) is 1.96. The summed E-state index contributed by atoms with van der Waals surface area (Å²) >= 11 is 0. The Kier molecular flexibility index (Phi) is 6.96. The highest BCUT2D eigenvalue weighted by molar-refractivity contribution is 5.84. The van der Waals surface area contributed by atoms with Gasteiger partial charge in [0.25, 0.3) is 0 Å². The lowest BCUT2D eigenvalue weighted by Crippen LogP contribution is -2.39. The number of likely N-dealkylation sites (N-methyl/N-ethyl adjacent to an activating group) is 1. The van der Waals surface area contributed by atoms with Crippen molar-refractivity contribution in [2.45, 2.75) is 13.3 Å². The van der Waals surface area contributed by atoms with Gasteiger partial charge in [-0.05, 0) is 7.05 Å². The van der Waals surface area contributed by atoms with Crippen molar-refractivity contribution in [2.75, 3.05) is 26.7 Å². The minimum Gasteiger partial charge on any atom is -0.355 e. The molecule has 0 fully saturated rings. The monoisotopic (exact) mass is 201 g/mol. The molecule has 1 unspecified atom stereocenters. The Morgan fingerprint density at radius 2 is 2.07 bits per heavy atom. The molecule has 0 saturated carbocycles. The SMILES string of the molecule is CCC(=O)NCC(CN)C(=O)CNC. The summed E-state index contributed by atoms with van der Waals surface area (Å²) in [4.78, 5) is 22.3. The number of hydrogen-bond acceptors (Lipinski definition) is 4. The Morgan fingerprint density at radius 3 is 2.50 bits per heavy atom. The van der Waals surface area contributed by atoms with E-state index in [1.165, 1.54) is 0 Å². The van der Waals surface area contributed by atoms with Crippen LogP contribution in [0.5, 0.6) is 0 Å². The number of carbonyl (C=O) groups excluding carboxylic acids is 2. The van der Waals surface area contributed by atoms with E-state index in [-0.39, 0.29) is 24.2 Å². The van der Waals surface area contributed by atoms with Gasteiger partial charge in [-0.1, -0.05) is 6.92 Å². The van der Waals surface area contributed by atoms with E-state index in [0.29, 0.717) is 19.5 Å². The fourth-order valence-corrected chi connectivity index (χ4v) is 1.01. The maximum atomic E-state index is 11.4. The quantitative estimate of drug-likeness (QED) is 0.487. The van der Waals surface area contributed by atoms with Crippen molar-refractivity contribution in [1.29, 1.82) is 0 Å². The van der Waals surface area contributed by atoms with Gasteiger partial charge in [0.05, 0.1) is 6.54 Å². The first-order valence-corrected chi connectivity index (χ1v) is 4.79. The molecule has 0 bridgehead atoms. The fraction of sp³-hybridized carbons (Fsp3) is 0.778. The minimum absolute atomic E-state index is 0.0337. The van der Waals surface area contributed by atoms with E-state index in [1.807, 2.05) is 0 Å². The third-order valence-corrected chi connectivity index (χ3v) is 1.96. The largest absolute Gasteiger partial charge is 0.355 e. The maximum Gasteiger partial charge on any atom is 0.219 e. The van der Waals surface area contributed by atoms with Crippen LogP contribution in [0.3, 0.4) is 0 Å². The maximum absolute atomic E-state index is 11.4. The average Bonchev–Trinajstić information content (AvgIpc) is 2.18. The Labute approximate surface area is 84.4 Å². The lowest BCUT2D eigenvalue weighted by Gasteiger charge is -2.13. The van der Waals surface area contributed by atoms with Gasteiger partial charge in [0.1, 0.15) is 0 Å². The standard InChI is InChI=1S/C9H19N3O2/c1-3-9(14)12-5-7(4-10)8(13)6-11-2/h7,11H,3-6,10H2,1-2H3,(H,12,14). The zero-order valence-corrected chi connectivity index (χ0v) is 8.80. The van der Waals surface area contributed by atoms with Crippen LogP contribution in [0.25, 0.3) is 0 Å². The first-order valence-electron chi connectivity index (χ1n) is 4.79. The number of nitrogens with two attached hydrogens (primary N) is 1. The van der Waals surface area contributed by atoms with Crippen LogP contribution in [0.15, 0.2) is 0 Å². The third kappa shape index (κ3) is 4.94. The van der Waals surface area contributed by atoms with Crippen molar-refractivity contribution in [3.8, 4) is 0 Å². The number of ketones is 1. The number of nitrogens with one attached hydrogen (secondary N) is 2. The van der Waals surface area contributed by atoms with Crippen LogP contribution in [0.1, 0.15) is 13.3 Å². The normalized spacial score (nSPS) is 12.2. The summed E-state index contributed by atoms with van der Waals surface area (Å²) in [5.74, 6) is -0.301. The van der Waals surface area contributed by atoms with Gasteiger partial charge in [-0.25, -0.2) is 0 Å². The van der Waals surface area contributed by atoms with Gasteiger partial charge in [0.2, 0.25) is 5.91 Å². The molecule has 0 radical (unpaired) electrons. The van der Waals surface area contributed by atoms with E-state index in [4.69, 9.17) is 5.73 Å². The highest BCUT2D eigenvalue weighted by Crippen LogP contribution is 1.93. The molecule has 4 N–H and O–H groups in total. The number of rotatable bonds is 7. The van der Waals surface area contributed by atoms with Gasteiger partial charge in [-0.3, -0.25) is 9.59 Å². The summed E-state index contributed by atoms with van der Waals surface area (Å²) in [7, 11) is 1.70. The van der Waals surface area contributed by atoms with Crippen LogP contribution in [0, 0.1) is 5.92 Å². The summed E-state index contributed by atoms with van der Waals surface area (Å²) < 4.78 is 0. The molecular weight excluding hydrogens is 182 g/mol. The Morgan fingerprint density at radius 1 is 1.43 bits per heavy atom. The molecule has 0 aliphatic heterocycles. The molecule has 0 saturated heterocycles. The van der Waals surface area contributed by atoms with Crippen LogP contribution in [-0.2, 0) is 9.59 Å². The van der Waals surface area contributed by atoms with E-state index in [1.54, 1.807) is 14.0 Å². The molecule has 14 heavy (non-hydrogen) atoms. The fourth-order valence-electron chi connectivity index (χ4n) is 1.01. The predicted octanol–water partition coefficient (Wildman–Crippen LogP) is -1.12. The van der Waals surface area contributed by atoms with Crippen molar-refractivity contribution in [1.82, 2.24) is 10.6 Å². The summed E-state index contributed by atoms with van der Waals surface area (Å²) in [6, 6.07) is 0. The number of Topliss-reactive ketones (excluding diaryl/α,β-unsaturated/α-hetero) is 1. The molecule has 1 amide bonds. The predicted molar refractivity (Wildman–Crippen MR) is 54.8 cm³/mol. The Balaban J connectivity index is 3.90. The van der Waals surface area contributed by atoms with Gasteiger partial charge in [-0.2, -0.15) is 0 Å². The summed E-state index contributed by atoms with van der Waals surface area (Å²) in [6.45, 7) is 2.67. The summed E-state index contributed by atoms with van der Waals surface area (Å²) in [6.07, 6.45) is 0.428. The van der Waals surface area contributed by atoms with E-state index in [2.05, 4.69) is 10.6 Å². The van der Waals surface area contributed by atoms with E-state index in [0.717, 1.165) is 0 Å². The van der Waals surface area contributed by atoms with Gasteiger partial charge < -0.3 is 16.4 Å².